The molecule has 1 rings (SSSR count). The predicted molar refractivity (Wildman–Crippen MR) is 98.9 cm³/mol. The molecule has 0 amide bonds. The van der Waals surface area contributed by atoms with Gasteiger partial charge < -0.3 is 0 Å². The zero-order chi connectivity index (χ0) is 18.5. The second kappa shape index (κ2) is 8.07. The van der Waals surface area contributed by atoms with Gasteiger partial charge in [-0.3, -0.25) is 4.79 Å². The Kier molecular flexibility index (Phi) is 6.92. The number of hydrogen-bond acceptors (Lipinski definition) is 1. The highest BCUT2D eigenvalue weighted by Crippen LogP contribution is 2.41. The molecule has 0 spiro atoms. The van der Waals surface area contributed by atoms with E-state index in [9.17, 15) is 13.6 Å². The highest BCUT2D eigenvalue weighted by Gasteiger charge is 2.43. The standard InChI is InChI=1S/C20H28F2OSi/c1-15(2)24(16(3)4,17(5)6)13-12-20(21,22)19(23)14-18-10-8-7-9-11-18/h7-11,15-17H,14H2,1-6H3. The van der Waals surface area contributed by atoms with E-state index in [0.29, 0.717) is 5.56 Å². The van der Waals surface area contributed by atoms with Crippen LogP contribution in [0.1, 0.15) is 47.1 Å². The fourth-order valence-electron chi connectivity index (χ4n) is 3.58. The molecule has 0 fully saturated rings. The van der Waals surface area contributed by atoms with E-state index in [4.69, 9.17) is 0 Å². The molecule has 24 heavy (non-hydrogen) atoms. The van der Waals surface area contributed by atoms with Gasteiger partial charge in [0.15, 0.2) is 0 Å². The summed E-state index contributed by atoms with van der Waals surface area (Å²) >= 11 is 0. The van der Waals surface area contributed by atoms with Crippen molar-refractivity contribution in [2.24, 2.45) is 0 Å². The van der Waals surface area contributed by atoms with Crippen molar-refractivity contribution in [3.63, 3.8) is 0 Å². The molecule has 0 radical (unpaired) electrons. The molecule has 0 aliphatic rings. The van der Waals surface area contributed by atoms with Gasteiger partial charge in [0.2, 0.25) is 5.78 Å². The molecule has 4 heteroatoms. The summed E-state index contributed by atoms with van der Waals surface area (Å²) in [5, 5.41) is 0. The number of benzene rings is 1. The molecule has 132 valence electrons. The smallest absolute Gasteiger partial charge is 0.291 e. The first kappa shape index (κ1) is 20.6. The van der Waals surface area contributed by atoms with E-state index in [1.165, 1.54) is 0 Å². The summed E-state index contributed by atoms with van der Waals surface area (Å²) < 4.78 is 28.6. The van der Waals surface area contributed by atoms with Crippen LogP contribution in [-0.2, 0) is 11.2 Å². The maximum absolute atomic E-state index is 14.3. The fourth-order valence-corrected chi connectivity index (χ4v) is 8.82. The molecule has 0 heterocycles. The van der Waals surface area contributed by atoms with Gasteiger partial charge in [-0.2, -0.15) is 8.78 Å². The van der Waals surface area contributed by atoms with Crippen LogP contribution in [0.3, 0.4) is 0 Å². The first-order valence-corrected chi connectivity index (χ1v) is 10.8. The third-order valence-corrected chi connectivity index (χ3v) is 11.1. The molecular weight excluding hydrogens is 322 g/mol. The Bertz CT molecular complexity index is 588. The Morgan fingerprint density at radius 1 is 1.00 bits per heavy atom. The van der Waals surface area contributed by atoms with Crippen LogP contribution in [0.2, 0.25) is 16.6 Å². The van der Waals surface area contributed by atoms with Crippen molar-refractivity contribution in [1.82, 2.24) is 0 Å². The average Bonchev–Trinajstić information content (AvgIpc) is 2.47. The van der Waals surface area contributed by atoms with Crippen molar-refractivity contribution < 1.29 is 13.6 Å². The number of carbonyl (C=O) groups excluding carboxylic acids is 1. The van der Waals surface area contributed by atoms with Gasteiger partial charge in [0.1, 0.15) is 8.07 Å². The molecule has 1 aromatic rings. The number of Topliss-reactive ketones (excluding diaryl/α,β-unsaturated/α-hetero) is 1. The van der Waals surface area contributed by atoms with E-state index in [2.05, 4.69) is 53.0 Å². The van der Waals surface area contributed by atoms with E-state index in [1.807, 2.05) is 0 Å². The Morgan fingerprint density at radius 2 is 1.46 bits per heavy atom. The van der Waals surface area contributed by atoms with Crippen LogP contribution in [-0.4, -0.2) is 19.8 Å². The first-order valence-electron chi connectivity index (χ1n) is 8.53. The van der Waals surface area contributed by atoms with Crippen molar-refractivity contribution in [2.75, 3.05) is 0 Å². The minimum atomic E-state index is -3.59. The molecule has 0 saturated carbocycles. The number of alkyl halides is 2. The lowest BCUT2D eigenvalue weighted by molar-refractivity contribution is -0.135. The van der Waals surface area contributed by atoms with Gasteiger partial charge in [0.05, 0.1) is 0 Å². The summed E-state index contributed by atoms with van der Waals surface area (Å²) in [6.45, 7) is 12.4. The number of halogens is 2. The highest BCUT2D eigenvalue weighted by molar-refractivity contribution is 6.90. The molecule has 0 bridgehead atoms. The van der Waals surface area contributed by atoms with Crippen LogP contribution in [0.4, 0.5) is 8.78 Å². The number of hydrogen-bond donors (Lipinski definition) is 0. The number of ketones is 1. The average molecular weight is 351 g/mol. The number of rotatable bonds is 6. The van der Waals surface area contributed by atoms with Crippen LogP contribution >= 0.6 is 0 Å². The quantitative estimate of drug-likeness (QED) is 0.478. The van der Waals surface area contributed by atoms with Crippen LogP contribution in [0, 0.1) is 11.5 Å². The Hall–Kier alpha value is -1.47. The predicted octanol–water partition coefficient (Wildman–Crippen LogP) is 5.65. The third kappa shape index (κ3) is 4.54. The lowest BCUT2D eigenvalue weighted by Crippen LogP contribution is -2.44. The maximum Gasteiger partial charge on any atom is 0.365 e. The lowest BCUT2D eigenvalue weighted by Gasteiger charge is -2.38. The van der Waals surface area contributed by atoms with Gasteiger partial charge in [-0.25, -0.2) is 0 Å². The van der Waals surface area contributed by atoms with Crippen molar-refractivity contribution in [1.29, 1.82) is 0 Å². The van der Waals surface area contributed by atoms with E-state index in [0.717, 1.165) is 0 Å². The summed E-state index contributed by atoms with van der Waals surface area (Å²) in [6, 6.07) is 8.62. The van der Waals surface area contributed by atoms with E-state index < -0.39 is 19.8 Å². The van der Waals surface area contributed by atoms with Crippen molar-refractivity contribution >= 4 is 13.9 Å². The van der Waals surface area contributed by atoms with Crippen molar-refractivity contribution in [3.8, 4) is 11.5 Å². The monoisotopic (exact) mass is 350 g/mol. The van der Waals surface area contributed by atoms with Gasteiger partial charge in [0, 0.05) is 6.42 Å². The molecular formula is C20H28F2OSi. The Morgan fingerprint density at radius 3 is 1.88 bits per heavy atom. The van der Waals surface area contributed by atoms with Crippen LogP contribution in [0.25, 0.3) is 0 Å². The van der Waals surface area contributed by atoms with Gasteiger partial charge in [-0.1, -0.05) is 71.9 Å². The maximum atomic E-state index is 14.3. The Labute approximate surface area is 145 Å². The summed E-state index contributed by atoms with van der Waals surface area (Å²) in [5.74, 6) is -2.62. The largest absolute Gasteiger partial charge is 0.365 e. The fraction of sp³-hybridized carbons (Fsp3) is 0.550. The zero-order valence-corrected chi connectivity index (χ0v) is 16.5. The van der Waals surface area contributed by atoms with Crippen LogP contribution in [0.15, 0.2) is 30.3 Å². The molecule has 0 unspecified atom stereocenters. The second-order valence-corrected chi connectivity index (χ2v) is 12.9. The summed E-state index contributed by atoms with van der Waals surface area (Å²) in [4.78, 5) is 12.0. The SMILES string of the molecule is CC(C)[Si](C#CC(F)(F)C(=O)Cc1ccccc1)(C(C)C)C(C)C. The number of carbonyl (C=O) groups is 1. The molecule has 0 aromatic heterocycles. The molecule has 0 N–H and O–H groups in total. The minimum Gasteiger partial charge on any atom is -0.291 e. The van der Waals surface area contributed by atoms with Crippen molar-refractivity contribution in [2.45, 2.75) is 70.5 Å². The molecule has 0 atom stereocenters. The van der Waals surface area contributed by atoms with Gasteiger partial charge >= 0.3 is 5.92 Å². The Balaban J connectivity index is 3.11. The molecule has 1 aromatic carbocycles. The van der Waals surface area contributed by atoms with Crippen LogP contribution in [0.5, 0.6) is 0 Å². The summed E-state index contributed by atoms with van der Waals surface area (Å²) in [6.07, 6.45) is -0.290. The van der Waals surface area contributed by atoms with Gasteiger partial charge in [-0.05, 0) is 28.1 Å². The zero-order valence-electron chi connectivity index (χ0n) is 15.5. The third-order valence-electron chi connectivity index (χ3n) is 4.86. The van der Waals surface area contributed by atoms with Gasteiger partial charge in [-0.15, -0.1) is 5.54 Å². The molecule has 1 nitrogen and oxygen atoms in total. The summed E-state index contributed by atoms with van der Waals surface area (Å²) in [5.41, 5.74) is 4.31. The normalized spacial score (nSPS) is 12.5. The van der Waals surface area contributed by atoms with E-state index >= 15 is 0 Å². The van der Waals surface area contributed by atoms with Crippen LogP contribution < -0.4 is 0 Å². The van der Waals surface area contributed by atoms with E-state index in [1.54, 1.807) is 30.3 Å². The molecule has 0 aliphatic heterocycles. The highest BCUT2D eigenvalue weighted by atomic mass is 28.3. The lowest BCUT2D eigenvalue weighted by atomic mass is 10.1. The summed E-state index contributed by atoms with van der Waals surface area (Å²) in [7, 11) is -2.27. The first-order chi connectivity index (χ1) is 11.0. The second-order valence-electron chi connectivity index (χ2n) is 7.31. The topological polar surface area (TPSA) is 17.1 Å². The van der Waals surface area contributed by atoms with Gasteiger partial charge in [0.25, 0.3) is 0 Å². The minimum absolute atomic E-state index is 0.255. The van der Waals surface area contributed by atoms with E-state index in [-0.39, 0.29) is 23.0 Å². The van der Waals surface area contributed by atoms with Crippen molar-refractivity contribution in [3.05, 3.63) is 35.9 Å². The molecule has 0 saturated heterocycles. The molecule has 0 aliphatic carbocycles.